The second kappa shape index (κ2) is 33.2. The van der Waals surface area contributed by atoms with E-state index in [-0.39, 0.29) is 89.1 Å². The fourth-order valence-electron chi connectivity index (χ4n) is 9.97. The third kappa shape index (κ3) is 20.6. The number of phenols is 1. The molecule has 18 N–H and O–H groups in total. The number of carbonyl (C=O) groups excluding carboxylic acids is 10. The average Bonchev–Trinajstić information content (AvgIpc) is 3.88. The van der Waals surface area contributed by atoms with Crippen LogP contribution in [0.25, 0.3) is 10.9 Å². The molecule has 3 aromatic rings. The van der Waals surface area contributed by atoms with Crippen LogP contribution in [0.2, 0.25) is 0 Å². The third-order valence-electron chi connectivity index (χ3n) is 14.6. The number of H-pyrrole nitrogens is 1. The molecule has 2 aliphatic heterocycles. The van der Waals surface area contributed by atoms with E-state index in [1.807, 2.05) is 18.2 Å². The van der Waals surface area contributed by atoms with Crippen LogP contribution in [0.3, 0.4) is 0 Å². The van der Waals surface area contributed by atoms with Gasteiger partial charge in [-0.15, -0.1) is 0 Å². The predicted octanol–water partition coefficient (Wildman–Crippen LogP) is -1.80. The van der Waals surface area contributed by atoms with Gasteiger partial charge in [-0.3, -0.25) is 47.9 Å². The van der Waals surface area contributed by atoms with Crippen molar-refractivity contribution in [2.75, 3.05) is 32.7 Å². The number of para-hydroxylation sites is 1. The molecule has 27 nitrogen and oxygen atoms in total. The van der Waals surface area contributed by atoms with Crippen molar-refractivity contribution in [2.45, 2.75) is 165 Å². The van der Waals surface area contributed by atoms with Gasteiger partial charge in [0.15, 0.2) is 0 Å². The van der Waals surface area contributed by atoms with E-state index < -0.39 is 132 Å². The van der Waals surface area contributed by atoms with Crippen LogP contribution in [-0.4, -0.2) is 172 Å². The Morgan fingerprint density at radius 3 is 2.05 bits per heavy atom. The predicted molar refractivity (Wildman–Crippen MR) is 308 cm³/mol. The number of nitrogens with one attached hydrogen (secondary N) is 10. The number of rotatable bonds is 27. The number of fused-ring (bicyclic) bond motifs is 1. The highest BCUT2D eigenvalue weighted by Gasteiger charge is 2.39. The van der Waals surface area contributed by atoms with E-state index in [2.05, 4.69) is 52.8 Å². The molecule has 460 valence electrons. The van der Waals surface area contributed by atoms with Crippen molar-refractivity contribution >= 4 is 75.9 Å². The summed E-state index contributed by atoms with van der Waals surface area (Å²) in [6, 6.07) is 1.53. The molecule has 0 saturated carbocycles. The van der Waals surface area contributed by atoms with Crippen molar-refractivity contribution < 1.29 is 63.0 Å². The lowest BCUT2D eigenvalue weighted by atomic mass is 10.00. The van der Waals surface area contributed by atoms with Crippen molar-refractivity contribution in [2.24, 2.45) is 23.1 Å². The quantitative estimate of drug-likeness (QED) is 0.0374. The molecule has 27 heteroatoms. The second-order valence-corrected chi connectivity index (χ2v) is 21.8. The molecule has 5 rings (SSSR count). The molecule has 0 aliphatic carbocycles. The molecule has 1 aromatic heterocycles. The van der Waals surface area contributed by atoms with Gasteiger partial charge in [0.25, 0.3) is 0 Å². The summed E-state index contributed by atoms with van der Waals surface area (Å²) in [6.07, 6.45) is 2.80. The van der Waals surface area contributed by atoms with Crippen molar-refractivity contribution in [1.82, 2.24) is 57.7 Å². The molecular formula is C57H84N14O13. The zero-order valence-electron chi connectivity index (χ0n) is 48.0. The van der Waals surface area contributed by atoms with E-state index in [1.54, 1.807) is 26.1 Å². The zero-order valence-corrected chi connectivity index (χ0v) is 48.0. The number of likely N-dealkylation sites (tertiary alicyclic amines) is 1. The lowest BCUT2D eigenvalue weighted by Gasteiger charge is -2.30. The molecule has 3 heterocycles. The van der Waals surface area contributed by atoms with Gasteiger partial charge in [-0.2, -0.15) is 0 Å². The molecule has 9 atom stereocenters. The fraction of sp³-hybridized carbons (Fsp3) is 0.561. The van der Waals surface area contributed by atoms with E-state index in [0.29, 0.717) is 43.4 Å². The summed E-state index contributed by atoms with van der Waals surface area (Å²) >= 11 is 0. The van der Waals surface area contributed by atoms with E-state index in [0.717, 1.165) is 10.9 Å². The molecule has 0 radical (unpaired) electrons. The highest BCUT2D eigenvalue weighted by Crippen LogP contribution is 2.22. The summed E-state index contributed by atoms with van der Waals surface area (Å²) in [5, 5.41) is 44.7. The number of aromatic nitrogens is 1. The lowest BCUT2D eigenvalue weighted by molar-refractivity contribution is -0.142. The van der Waals surface area contributed by atoms with Gasteiger partial charge >= 0.3 is 5.97 Å². The van der Waals surface area contributed by atoms with E-state index in [9.17, 15) is 63.0 Å². The van der Waals surface area contributed by atoms with Crippen LogP contribution in [0.4, 0.5) is 0 Å². The Hall–Kier alpha value is -8.17. The Bertz CT molecular complexity index is 2780. The number of aliphatic carboxylic acids is 1. The molecule has 0 unspecified atom stereocenters. The number of nitrogens with zero attached hydrogens (tertiary/aromatic N) is 1. The Kier molecular flexibility index (Phi) is 26.3. The van der Waals surface area contributed by atoms with E-state index >= 15 is 0 Å². The van der Waals surface area contributed by atoms with Gasteiger partial charge in [0.05, 0.1) is 12.6 Å². The number of carboxylic acids is 1. The molecule has 10 amide bonds. The highest BCUT2D eigenvalue weighted by molar-refractivity contribution is 5.99. The lowest BCUT2D eigenvalue weighted by Crippen LogP contribution is -2.60. The number of nitrogens with two attached hydrogens (primary N) is 3. The normalized spacial score (nSPS) is 19.2. The number of benzene rings is 2. The van der Waals surface area contributed by atoms with Crippen LogP contribution in [0.15, 0.2) is 54.7 Å². The van der Waals surface area contributed by atoms with Crippen LogP contribution in [0.1, 0.15) is 109 Å². The maximum absolute atomic E-state index is 14.7. The Morgan fingerprint density at radius 1 is 0.702 bits per heavy atom. The van der Waals surface area contributed by atoms with Crippen LogP contribution in [-0.2, 0) is 65.6 Å². The van der Waals surface area contributed by atoms with Crippen LogP contribution >= 0.6 is 0 Å². The number of hydrogen-bond donors (Lipinski definition) is 15. The minimum atomic E-state index is -1.54. The summed E-state index contributed by atoms with van der Waals surface area (Å²) in [4.78, 5) is 156. The van der Waals surface area contributed by atoms with Gasteiger partial charge in [-0.1, -0.05) is 44.2 Å². The van der Waals surface area contributed by atoms with Gasteiger partial charge in [-0.05, 0) is 126 Å². The highest BCUT2D eigenvalue weighted by atomic mass is 16.4. The fourth-order valence-corrected chi connectivity index (χ4v) is 9.97. The zero-order chi connectivity index (χ0) is 61.5. The number of unbranched alkanes of at least 4 members (excludes halogenated alkanes) is 1. The number of phenolic OH excluding ortho intramolecular Hbond substituents is 1. The summed E-state index contributed by atoms with van der Waals surface area (Å²) in [5.74, 6) is -8.85. The van der Waals surface area contributed by atoms with Gasteiger partial charge in [0.2, 0.25) is 59.1 Å². The first-order valence-corrected chi connectivity index (χ1v) is 28.8. The standard InChI is InChI=1S/C57H84N14O13/c1-32(2)27-45(57(83)84)70-54(80)44(29-35-30-62-39-13-5-4-11-37(35)39)69-53(79)43(28-34-17-19-36(72)20-18-34)68-51(77)40(14-6-7-23-58)65-52(78)42-21-22-47(73)63-31-48(74)61-25-9-15-41(50(76)66-42)67-55(81)46-16-10-26-71(46)56(82)33(3)64-49(75)38(60)12-8-24-59/h4-5,11,13,17-20,30,32-33,38,40-46,62,72H,6-10,12,14-16,21-29,31,58-60H2,1-3H3,(H,61,74)(H,63,73)(H,64,75)(H,65,78)(H,66,76)(H,67,81)(H,68,77)(H,69,79)(H,70,80)(H,83,84)/t33-,38-,40-,41-,42-,43-,44-,45-,46-/m0/s1. The van der Waals surface area contributed by atoms with Crippen molar-refractivity contribution in [3.05, 3.63) is 65.9 Å². The number of aromatic hydroxyl groups is 1. The molecule has 2 saturated heterocycles. The minimum absolute atomic E-state index is 0.0315. The molecule has 0 spiro atoms. The van der Waals surface area contributed by atoms with Crippen LogP contribution in [0, 0.1) is 5.92 Å². The first-order chi connectivity index (χ1) is 40.1. The third-order valence-corrected chi connectivity index (χ3v) is 14.6. The first kappa shape index (κ1) is 66.6. The second-order valence-electron chi connectivity index (χ2n) is 21.8. The molecule has 84 heavy (non-hydrogen) atoms. The maximum atomic E-state index is 14.7. The monoisotopic (exact) mass is 1170 g/mol. The summed E-state index contributed by atoms with van der Waals surface area (Å²) in [5.41, 5.74) is 19.2. The number of aromatic amines is 1. The van der Waals surface area contributed by atoms with Crippen molar-refractivity contribution in [3.63, 3.8) is 0 Å². The summed E-state index contributed by atoms with van der Waals surface area (Å²) in [7, 11) is 0. The van der Waals surface area contributed by atoms with Crippen molar-refractivity contribution in [1.29, 1.82) is 0 Å². The molecular weight excluding hydrogens is 1090 g/mol. The molecule has 2 aliphatic rings. The summed E-state index contributed by atoms with van der Waals surface area (Å²) < 4.78 is 0. The average molecular weight is 1170 g/mol. The Morgan fingerprint density at radius 2 is 1.37 bits per heavy atom. The van der Waals surface area contributed by atoms with Gasteiger partial charge < -0.3 is 85.1 Å². The molecule has 2 aromatic carbocycles. The smallest absolute Gasteiger partial charge is 0.326 e. The maximum Gasteiger partial charge on any atom is 0.326 e. The van der Waals surface area contributed by atoms with Gasteiger partial charge in [0.1, 0.15) is 54.1 Å². The topological polar surface area (TPSA) is 434 Å². The molecule has 0 bridgehead atoms. The van der Waals surface area contributed by atoms with Gasteiger partial charge in [0, 0.05) is 49.5 Å². The van der Waals surface area contributed by atoms with Crippen molar-refractivity contribution in [3.8, 4) is 5.75 Å². The Labute approximate surface area is 487 Å². The largest absolute Gasteiger partial charge is 0.508 e. The van der Waals surface area contributed by atoms with E-state index in [4.69, 9.17) is 17.2 Å². The number of carbonyl (C=O) groups is 11. The van der Waals surface area contributed by atoms with Crippen LogP contribution < -0.4 is 65.1 Å². The van der Waals surface area contributed by atoms with Gasteiger partial charge in [-0.25, -0.2) is 4.79 Å². The number of carboxylic acid groups (broad SMARTS) is 1. The Balaban J connectivity index is 1.41. The number of amides is 10. The number of hydrogen-bond acceptors (Lipinski definition) is 15. The first-order valence-electron chi connectivity index (χ1n) is 28.8. The minimum Gasteiger partial charge on any atom is -0.508 e. The van der Waals surface area contributed by atoms with Crippen LogP contribution in [0.5, 0.6) is 5.75 Å². The molecule has 2 fully saturated rings. The SMILES string of the molecule is CC(C)C[C@H](NC(=O)[C@H](Cc1c[nH]c2ccccc12)NC(=O)[C@H](Cc1ccc(O)cc1)NC(=O)[C@H](CCCCN)NC(=O)[C@@H]1CCC(=O)NCC(=O)NCCC[C@H](NC(=O)[C@@H]2CCCN2C(=O)[C@H](C)NC(=O)[C@@H](N)CCCN)C(=O)N1)C(=O)O. The summed E-state index contributed by atoms with van der Waals surface area (Å²) in [6.45, 7) is 5.39. The van der Waals surface area contributed by atoms with E-state index in [1.165, 1.54) is 36.1 Å².